The lowest BCUT2D eigenvalue weighted by atomic mass is 9.79. The molecule has 0 aromatic heterocycles. The highest BCUT2D eigenvalue weighted by atomic mass is 16.6. The summed E-state index contributed by atoms with van der Waals surface area (Å²) in [6.45, 7) is -37.5. The van der Waals surface area contributed by atoms with Crippen molar-refractivity contribution < 1.29 is 135 Å². The molecule has 18 heteroatoms. The number of piperidine rings is 3. The second-order valence-electron chi connectivity index (χ2n) is 20.9. The van der Waals surface area contributed by atoms with Crippen LogP contribution in [-0.2, 0) is 47.8 Å². The van der Waals surface area contributed by atoms with Crippen LogP contribution < -0.4 is 45.6 Å². The van der Waals surface area contributed by atoms with Crippen LogP contribution in [0.25, 0.3) is 0 Å². The van der Waals surface area contributed by atoms with Crippen LogP contribution in [0.2, 0.25) is 0 Å². The Kier molecular flexibility index (Phi) is 9.80. The van der Waals surface area contributed by atoms with Crippen molar-refractivity contribution in [2.75, 3.05) is 81.8 Å². The molecule has 6 aliphatic heterocycles. The quantitative estimate of drug-likeness (QED) is 0.0666. The first-order valence-electron chi connectivity index (χ1n) is 56.1. The van der Waals surface area contributed by atoms with Crippen molar-refractivity contribution in [1.29, 1.82) is 0 Å². The number of carbonyl (C=O) groups is 3. The van der Waals surface area contributed by atoms with E-state index in [4.69, 9.17) is 132 Å². The largest absolute Gasteiger partial charge is 0.493 e. The van der Waals surface area contributed by atoms with Crippen molar-refractivity contribution in [3.8, 4) is 34.5 Å². The number of nitrogens with zero attached hydrogens (tertiary/aromatic N) is 3. The van der Waals surface area contributed by atoms with Crippen molar-refractivity contribution in [3.63, 3.8) is 0 Å². The number of fused-ring (bicyclic) bond motifs is 9. The number of rotatable bonds is 21. The fraction of sp³-hybridized carbons (Fsp3) is 0.708. The lowest BCUT2D eigenvalue weighted by Gasteiger charge is -2.47. The average molecular weight is 1310 g/mol. The zero-order valence-electron chi connectivity index (χ0n) is 108. The zero-order valence-corrected chi connectivity index (χ0v) is 50.6. The SMILES string of the molecule is [2H]C([2H])([2H])C([2H])(C)C([2H])([2H])C1CN2C(CC1OC(=O)[C@@]([2H])(N)C([2H])(C([2H])([2H])[2H])C([2H])([2H])[2H])c1cc(OC)c(OC)cc1C([2H])([2H])C2([2H])[2H].[2H]c1c2c(c([2H])c(OC)c1OC([2H])([2H])[2H])C1([2H])CC([2H])(OC(=O)[C@@]([2H])(N)C([2H])(C([2H])([2H])[2H])C([2H])([2H])[2H])C(C([2H])([2H])C([2H])(C)C([2H])([2H])[2H])CN1CC2.[2H]c1c2c(c([2H])c(OC)c1OC)C1([2H])CC([2H])(OC(=O)[C@@]([2H])(N)C([2H])(C([2H])([2H])[2H])C([2H])([2H])[2H])C(C([2H])([2H])C([2H])(C)C([2H])([2H])[2H])CN1CC2. The summed E-state index contributed by atoms with van der Waals surface area (Å²) in [7, 11) is 2.82. The Labute approximate surface area is 619 Å². The Balaban J connectivity index is 0.000000299. The highest BCUT2D eigenvalue weighted by Gasteiger charge is 2.45. The van der Waals surface area contributed by atoms with Crippen LogP contribution in [0.5, 0.6) is 34.5 Å². The molecular formula is C72H114N6O12. The zero-order chi connectivity index (χ0) is 115. The van der Waals surface area contributed by atoms with E-state index in [0.29, 0.717) is 6.92 Å². The Morgan fingerprint density at radius 3 is 1.39 bits per heavy atom. The van der Waals surface area contributed by atoms with Crippen molar-refractivity contribution in [2.45, 2.75) is 194 Å². The Morgan fingerprint density at radius 2 is 0.956 bits per heavy atom. The van der Waals surface area contributed by atoms with Gasteiger partial charge in [-0.05, 0) is 143 Å². The van der Waals surface area contributed by atoms with Gasteiger partial charge in [-0.3, -0.25) is 29.1 Å². The third-order valence-corrected chi connectivity index (χ3v) is 14.9. The summed E-state index contributed by atoms with van der Waals surface area (Å²) in [6.07, 6.45) is -24.6. The molecule has 3 fully saturated rings. The lowest BCUT2D eigenvalue weighted by Crippen LogP contribution is -2.51. The number of aryl methyl sites for hydroxylation is 1. The number of hydrogen-bond donors (Lipinski definition) is 3. The number of ether oxygens (including phenoxy) is 9. The molecule has 0 amide bonds. The molecule has 6 N–H and O–H groups in total. The Morgan fingerprint density at radius 1 is 0.544 bits per heavy atom. The van der Waals surface area contributed by atoms with Crippen LogP contribution in [0, 0.1) is 53.1 Å². The maximum Gasteiger partial charge on any atom is 0.323 e. The fourth-order valence-electron chi connectivity index (χ4n) is 10.7. The van der Waals surface area contributed by atoms with Gasteiger partial charge < -0.3 is 59.8 Å². The number of esters is 3. The van der Waals surface area contributed by atoms with Crippen LogP contribution in [0.15, 0.2) is 36.3 Å². The minimum absolute atomic E-state index is 0.0177. The standard InChI is InChI=1S/3C24H38N2O4/c3*1-14(2)9-17-13-26-8-7-16-10-21(28-5)22(29-6)11-18(16)19(26)12-20(17)30-24(27)23(25)15(3)4/h3*10-11,14-15,17,19-20,23H,7-9,12-13,25H2,1-6H3/t3*17?,19?,20?,23-/m000/s1/i1D3,3D3,4D3,5D3,9D2,10D,11D,14D,15D,19D,20D,23D;1D3,3D3,4D3,9D2,10D,11D,14D,15D,19D,20D,23D;1D3,3D3,4D3,7D2,8D2,9D2,14D,15D,23D/t3*14?,17?,19?,20?,23-. The van der Waals surface area contributed by atoms with E-state index in [-0.39, 0.29) is 82.8 Å². The van der Waals surface area contributed by atoms with Gasteiger partial charge in [0.15, 0.2) is 34.5 Å². The maximum absolute atomic E-state index is 13.7. The maximum atomic E-state index is 13.7. The first-order valence-corrected chi connectivity index (χ1v) is 27.6. The van der Waals surface area contributed by atoms with Gasteiger partial charge in [0.05, 0.1) is 61.8 Å². The summed E-state index contributed by atoms with van der Waals surface area (Å²) in [5.74, 6) is -36.1. The molecule has 6 aliphatic rings. The number of methoxy groups -OCH3 is 6. The molecule has 3 aromatic rings. The van der Waals surface area contributed by atoms with E-state index in [1.807, 2.05) is 0 Å². The monoisotopic (exact) mass is 1310 g/mol. The number of nitrogens with two attached hydrogens (primary N) is 3. The summed E-state index contributed by atoms with van der Waals surface area (Å²) in [4.78, 5) is 44.3. The van der Waals surface area contributed by atoms with Crippen molar-refractivity contribution >= 4 is 17.9 Å². The minimum Gasteiger partial charge on any atom is -0.493 e. The molecule has 12 unspecified atom stereocenters. The lowest BCUT2D eigenvalue weighted by molar-refractivity contribution is -0.161. The van der Waals surface area contributed by atoms with Crippen LogP contribution in [0.3, 0.4) is 0 Å². The van der Waals surface area contributed by atoms with E-state index >= 15 is 0 Å². The molecule has 3 saturated heterocycles. The third-order valence-electron chi connectivity index (χ3n) is 14.9. The normalized spacial score (nSPS) is 43.8. The highest BCUT2D eigenvalue weighted by Crippen LogP contribution is 2.48. The highest BCUT2D eigenvalue weighted by molar-refractivity contribution is 5.77. The summed E-state index contributed by atoms with van der Waals surface area (Å²) < 4.78 is 516. The molecule has 0 spiro atoms. The van der Waals surface area contributed by atoms with Gasteiger partial charge in [-0.1, -0.05) is 82.4 Å². The summed E-state index contributed by atoms with van der Waals surface area (Å²) >= 11 is 0. The van der Waals surface area contributed by atoms with Gasteiger partial charge >= 0.3 is 17.9 Å². The molecule has 9 rings (SSSR count). The predicted molar refractivity (Wildman–Crippen MR) is 353 cm³/mol. The number of benzene rings is 3. The molecule has 0 bridgehead atoms. The van der Waals surface area contributed by atoms with Gasteiger partial charge in [0.25, 0.3) is 0 Å². The van der Waals surface area contributed by atoms with E-state index < -0.39 is 300 Å². The Bertz CT molecular complexity index is 5370. The molecule has 0 saturated carbocycles. The number of carbonyl (C=O) groups excluding carboxylic acids is 3. The van der Waals surface area contributed by atoms with E-state index in [2.05, 4.69) is 0 Å². The van der Waals surface area contributed by atoms with E-state index in [1.165, 1.54) is 45.5 Å². The predicted octanol–water partition coefficient (Wildman–Crippen LogP) is 10.7. The van der Waals surface area contributed by atoms with Gasteiger partial charge in [-0.25, -0.2) is 0 Å². The molecule has 90 heavy (non-hydrogen) atoms. The second-order valence-corrected chi connectivity index (χ2v) is 20.9. The fourth-order valence-corrected chi connectivity index (χ4v) is 10.7. The average Bonchev–Trinajstić information content (AvgIpc) is 0.673. The molecule has 504 valence electrons. The summed E-state index contributed by atoms with van der Waals surface area (Å²) in [5.41, 5.74) is 16.2. The molecular weight excluding hydrogens is 1140 g/mol. The van der Waals surface area contributed by atoms with Crippen LogP contribution in [-0.4, -0.2) is 151 Å². The van der Waals surface area contributed by atoms with E-state index in [9.17, 15) is 19.9 Å². The van der Waals surface area contributed by atoms with Crippen LogP contribution in [0.1, 0.15) is 250 Å². The third kappa shape index (κ3) is 17.5. The van der Waals surface area contributed by atoms with Crippen molar-refractivity contribution in [1.82, 2.24) is 14.7 Å². The molecule has 15 atom stereocenters. The Hall–Kier alpha value is -5.37. The first-order chi connectivity index (χ1) is 64.9. The minimum atomic E-state index is -4.13. The van der Waals surface area contributed by atoms with Crippen LogP contribution >= 0.6 is 0 Å². The van der Waals surface area contributed by atoms with Crippen molar-refractivity contribution in [2.24, 2.45) is 70.3 Å². The van der Waals surface area contributed by atoms with Crippen LogP contribution in [0.4, 0.5) is 0 Å². The molecule has 0 aliphatic carbocycles. The molecule has 6 heterocycles. The number of hydrogen-bond acceptors (Lipinski definition) is 18. The molecule has 3 aromatic carbocycles. The topological polar surface area (TPSA) is 222 Å². The van der Waals surface area contributed by atoms with E-state index in [0.717, 1.165) is 30.8 Å². The van der Waals surface area contributed by atoms with Gasteiger partial charge in [0.2, 0.25) is 0 Å². The van der Waals surface area contributed by atoms with Crippen molar-refractivity contribution in [3.05, 3.63) is 69.7 Å². The smallest absolute Gasteiger partial charge is 0.323 e. The van der Waals surface area contributed by atoms with Gasteiger partial charge in [-0.15, -0.1) is 0 Å². The van der Waals surface area contributed by atoms with Gasteiger partial charge in [-0.2, -0.15) is 0 Å². The van der Waals surface area contributed by atoms with E-state index in [1.54, 1.807) is 0 Å². The first kappa shape index (κ1) is 27.2. The molecule has 0 radical (unpaired) electrons. The summed E-state index contributed by atoms with van der Waals surface area (Å²) in [6, 6.07) is -17.7. The second kappa shape index (κ2) is 32.5. The van der Waals surface area contributed by atoms with Gasteiger partial charge in [0, 0.05) is 153 Å². The van der Waals surface area contributed by atoms with Gasteiger partial charge in [0.1, 0.15) is 36.3 Å². The summed E-state index contributed by atoms with van der Waals surface area (Å²) in [5, 5.41) is 0. The molecule has 18 nitrogen and oxygen atoms in total.